The fourth-order valence-corrected chi connectivity index (χ4v) is 1.37. The first-order valence-electron chi connectivity index (χ1n) is 4.37. The number of nitrogens with zero attached hydrogens (tertiary/aromatic N) is 2. The molecule has 0 spiro atoms. The van der Waals surface area contributed by atoms with Gasteiger partial charge < -0.3 is 17.0 Å². The van der Waals surface area contributed by atoms with Gasteiger partial charge in [0, 0.05) is 6.07 Å². The Bertz CT molecular complexity index is 527. The molecular formula is C10H7BrF4N2. The predicted molar refractivity (Wildman–Crippen MR) is 46.8 cm³/mol. The van der Waals surface area contributed by atoms with Gasteiger partial charge >= 0.3 is 0 Å². The molecule has 1 aromatic heterocycles. The van der Waals surface area contributed by atoms with E-state index in [1.165, 1.54) is 23.3 Å². The van der Waals surface area contributed by atoms with Crippen LogP contribution in [-0.4, -0.2) is 4.57 Å². The molecule has 2 rings (SSSR count). The van der Waals surface area contributed by atoms with Crippen molar-refractivity contribution in [1.82, 2.24) is 4.57 Å². The molecule has 0 saturated heterocycles. The number of rotatable bonds is 1. The van der Waals surface area contributed by atoms with Gasteiger partial charge in [0.25, 0.3) is 0 Å². The predicted octanol–water partition coefficient (Wildman–Crippen LogP) is -1.14. The van der Waals surface area contributed by atoms with Crippen molar-refractivity contribution in [3.63, 3.8) is 0 Å². The lowest BCUT2D eigenvalue weighted by Gasteiger charge is -2.02. The Kier molecular flexibility index (Phi) is 3.92. The molecule has 0 bridgehead atoms. The Labute approximate surface area is 105 Å². The van der Waals surface area contributed by atoms with Crippen LogP contribution >= 0.6 is 0 Å². The first-order valence-corrected chi connectivity index (χ1v) is 4.37. The third kappa shape index (κ3) is 2.33. The van der Waals surface area contributed by atoms with Gasteiger partial charge in [0.1, 0.15) is 12.4 Å². The topological polar surface area (TPSA) is 8.81 Å². The van der Waals surface area contributed by atoms with E-state index in [0.717, 1.165) is 4.57 Å². The second-order valence-electron chi connectivity index (χ2n) is 3.30. The molecule has 0 N–H and O–H groups in total. The van der Waals surface area contributed by atoms with Gasteiger partial charge in [0.15, 0.2) is 11.6 Å². The summed E-state index contributed by atoms with van der Waals surface area (Å²) >= 11 is 0. The Hall–Kier alpha value is -1.37. The van der Waals surface area contributed by atoms with Gasteiger partial charge in [0.2, 0.25) is 23.6 Å². The Morgan fingerprint density at radius 2 is 1.59 bits per heavy atom. The van der Waals surface area contributed by atoms with Crippen LogP contribution in [0.25, 0.3) is 5.69 Å². The molecule has 0 fully saturated rings. The molecule has 92 valence electrons. The number of hydrogen-bond acceptors (Lipinski definition) is 0. The second-order valence-corrected chi connectivity index (χ2v) is 3.30. The molecule has 0 radical (unpaired) electrons. The number of imidazole rings is 1. The van der Waals surface area contributed by atoms with Crippen LogP contribution in [0, 0.1) is 23.3 Å². The highest BCUT2D eigenvalue weighted by Gasteiger charge is 2.24. The molecule has 0 saturated carbocycles. The number of hydrogen-bond donors (Lipinski definition) is 0. The molecule has 2 nitrogen and oxygen atoms in total. The molecule has 0 aliphatic carbocycles. The molecule has 7 heteroatoms. The summed E-state index contributed by atoms with van der Waals surface area (Å²) in [6, 6.07) is 0.178. The number of halogens is 5. The van der Waals surface area contributed by atoms with Gasteiger partial charge in [0.05, 0.1) is 7.05 Å². The molecule has 1 aromatic carbocycles. The quantitative estimate of drug-likeness (QED) is 0.358. The minimum atomic E-state index is -1.43. The van der Waals surface area contributed by atoms with Crippen LogP contribution in [0.4, 0.5) is 17.6 Å². The van der Waals surface area contributed by atoms with Crippen molar-refractivity contribution in [1.29, 1.82) is 0 Å². The van der Waals surface area contributed by atoms with Crippen LogP contribution in [0.2, 0.25) is 0 Å². The first kappa shape index (κ1) is 13.7. The Morgan fingerprint density at radius 3 is 2.00 bits per heavy atom. The van der Waals surface area contributed by atoms with Crippen LogP contribution in [-0.2, 0) is 7.05 Å². The lowest BCUT2D eigenvalue weighted by Crippen LogP contribution is -3.00. The summed E-state index contributed by atoms with van der Waals surface area (Å²) in [6.07, 6.45) is 4.07. The van der Waals surface area contributed by atoms with Crippen molar-refractivity contribution in [3.8, 4) is 5.69 Å². The molecule has 0 aliphatic rings. The number of aryl methyl sites for hydroxylation is 1. The van der Waals surface area contributed by atoms with Gasteiger partial charge in [-0.1, -0.05) is 0 Å². The lowest BCUT2D eigenvalue weighted by atomic mass is 10.2. The van der Waals surface area contributed by atoms with Crippen molar-refractivity contribution < 1.29 is 39.1 Å². The summed E-state index contributed by atoms with van der Waals surface area (Å²) in [5.41, 5.74) is -0.766. The zero-order valence-corrected chi connectivity index (χ0v) is 10.2. The third-order valence-corrected chi connectivity index (χ3v) is 2.12. The highest BCUT2D eigenvalue weighted by Crippen LogP contribution is 2.22. The molecule has 2 aromatic rings. The average Bonchev–Trinajstić information content (AvgIpc) is 2.62. The molecule has 17 heavy (non-hydrogen) atoms. The van der Waals surface area contributed by atoms with Crippen LogP contribution in [0.3, 0.4) is 0 Å². The van der Waals surface area contributed by atoms with Gasteiger partial charge in [-0.2, -0.15) is 13.3 Å². The highest BCUT2D eigenvalue weighted by atomic mass is 79.9. The summed E-state index contributed by atoms with van der Waals surface area (Å²) in [4.78, 5) is 0. The average molecular weight is 311 g/mol. The highest BCUT2D eigenvalue weighted by molar-refractivity contribution is 5.36. The van der Waals surface area contributed by atoms with Crippen molar-refractivity contribution in [2.45, 2.75) is 0 Å². The van der Waals surface area contributed by atoms with Gasteiger partial charge in [-0.15, -0.1) is 0 Å². The van der Waals surface area contributed by atoms with E-state index in [-0.39, 0.29) is 23.0 Å². The molecule has 1 heterocycles. The van der Waals surface area contributed by atoms with Crippen LogP contribution in [0.5, 0.6) is 0 Å². The zero-order valence-electron chi connectivity index (χ0n) is 8.59. The van der Waals surface area contributed by atoms with E-state index in [1.807, 2.05) is 0 Å². The molecular weight excluding hydrogens is 304 g/mol. The smallest absolute Gasteiger partial charge is 0.248 e. The van der Waals surface area contributed by atoms with Crippen LogP contribution in [0.15, 0.2) is 24.8 Å². The standard InChI is InChI=1S/C10H7F4N2.BrH/c1-15-2-3-16(5-15)10-8(13)6(11)4-7(12)9(10)14;/h2-5H,1H3;1H/q+1;/p-1. The molecule has 0 amide bonds. The Balaban J connectivity index is 0.00000144. The van der Waals surface area contributed by atoms with Crippen LogP contribution in [0.1, 0.15) is 0 Å². The number of benzene rings is 1. The molecule has 0 unspecified atom stereocenters. The van der Waals surface area contributed by atoms with E-state index in [1.54, 1.807) is 7.05 Å². The summed E-state index contributed by atoms with van der Waals surface area (Å²) in [6.45, 7) is 0. The van der Waals surface area contributed by atoms with E-state index >= 15 is 0 Å². The monoisotopic (exact) mass is 310 g/mol. The summed E-state index contributed by atoms with van der Waals surface area (Å²) in [5, 5.41) is 0. The molecule has 0 aliphatic heterocycles. The fourth-order valence-electron chi connectivity index (χ4n) is 1.37. The largest absolute Gasteiger partial charge is 1.00 e. The summed E-state index contributed by atoms with van der Waals surface area (Å²) < 4.78 is 54.9. The maximum atomic E-state index is 13.3. The van der Waals surface area contributed by atoms with E-state index in [9.17, 15) is 17.6 Å². The Morgan fingerprint density at radius 1 is 1.06 bits per heavy atom. The van der Waals surface area contributed by atoms with E-state index in [2.05, 4.69) is 0 Å². The third-order valence-electron chi connectivity index (χ3n) is 2.12. The van der Waals surface area contributed by atoms with Gasteiger partial charge in [-0.25, -0.2) is 13.3 Å². The van der Waals surface area contributed by atoms with Crippen molar-refractivity contribution in [2.75, 3.05) is 0 Å². The van der Waals surface area contributed by atoms with Gasteiger partial charge in [-0.05, 0) is 0 Å². The van der Waals surface area contributed by atoms with E-state index in [4.69, 9.17) is 0 Å². The maximum absolute atomic E-state index is 13.3. The maximum Gasteiger partial charge on any atom is 0.248 e. The normalized spacial score (nSPS) is 10.2. The number of aromatic nitrogens is 2. The van der Waals surface area contributed by atoms with Crippen LogP contribution < -0.4 is 21.5 Å². The van der Waals surface area contributed by atoms with Crippen molar-refractivity contribution in [3.05, 3.63) is 48.1 Å². The second kappa shape index (κ2) is 4.87. The minimum absolute atomic E-state index is 0. The summed E-state index contributed by atoms with van der Waals surface area (Å²) in [5.74, 6) is -5.69. The van der Waals surface area contributed by atoms with Crippen molar-refractivity contribution in [2.24, 2.45) is 7.05 Å². The van der Waals surface area contributed by atoms with E-state index < -0.39 is 29.0 Å². The minimum Gasteiger partial charge on any atom is -1.00 e. The summed E-state index contributed by atoms with van der Waals surface area (Å²) in [7, 11) is 1.61. The van der Waals surface area contributed by atoms with E-state index in [0.29, 0.717) is 0 Å². The zero-order chi connectivity index (χ0) is 11.9. The van der Waals surface area contributed by atoms with Crippen molar-refractivity contribution >= 4 is 0 Å². The molecule has 0 atom stereocenters. The fraction of sp³-hybridized carbons (Fsp3) is 0.100. The first-order chi connectivity index (χ1) is 7.50. The van der Waals surface area contributed by atoms with Gasteiger partial charge in [-0.3, -0.25) is 0 Å². The SMILES string of the molecule is C[n+]1ccn(-c2c(F)c(F)cc(F)c2F)c1.[Br-]. The lowest BCUT2D eigenvalue weighted by molar-refractivity contribution is -0.670.